The fourth-order valence-corrected chi connectivity index (χ4v) is 5.65. The number of carbonyl (C=O) groups is 1. The first-order chi connectivity index (χ1) is 16.9. The molecule has 0 aliphatic heterocycles. The Labute approximate surface area is 204 Å². The number of fused-ring (bicyclic) bond motifs is 1. The van der Waals surface area contributed by atoms with Crippen molar-refractivity contribution in [3.63, 3.8) is 0 Å². The second kappa shape index (κ2) is 11.1. The first-order valence-electron chi connectivity index (χ1n) is 12.3. The van der Waals surface area contributed by atoms with Crippen LogP contribution in [-0.4, -0.2) is 12.6 Å². The number of esters is 1. The number of hydrogen-bond acceptors (Lipinski definition) is 3. The van der Waals surface area contributed by atoms with Crippen LogP contribution in [0.4, 0.5) is 13.2 Å². The zero-order chi connectivity index (χ0) is 24.9. The summed E-state index contributed by atoms with van der Waals surface area (Å²) in [5.41, 5.74) is 0.551. The molecule has 6 heteroatoms. The van der Waals surface area contributed by atoms with Crippen LogP contribution in [0.1, 0.15) is 67.3 Å². The van der Waals surface area contributed by atoms with E-state index in [4.69, 9.17) is 9.47 Å². The topological polar surface area (TPSA) is 35.5 Å². The first-order valence-corrected chi connectivity index (χ1v) is 12.3. The summed E-state index contributed by atoms with van der Waals surface area (Å²) < 4.78 is 53.6. The Morgan fingerprint density at radius 3 is 2.46 bits per heavy atom. The highest BCUT2D eigenvalue weighted by Crippen LogP contribution is 2.48. The van der Waals surface area contributed by atoms with Gasteiger partial charge in [-0.15, -0.1) is 0 Å². The van der Waals surface area contributed by atoms with E-state index in [9.17, 15) is 13.6 Å². The molecule has 4 atom stereocenters. The van der Waals surface area contributed by atoms with Crippen molar-refractivity contribution in [2.75, 3.05) is 6.61 Å². The van der Waals surface area contributed by atoms with E-state index < -0.39 is 29.2 Å². The number of halogens is 3. The fraction of sp³-hybridized carbons (Fsp3) is 0.414. The molecule has 2 aliphatic rings. The average Bonchev–Trinajstić information content (AvgIpc) is 2.86. The third kappa shape index (κ3) is 5.63. The monoisotopic (exact) mass is 484 g/mol. The Bertz CT molecular complexity index is 1110. The maximum absolute atomic E-state index is 15.1. The van der Waals surface area contributed by atoms with E-state index in [2.05, 4.69) is 25.7 Å². The van der Waals surface area contributed by atoms with Crippen LogP contribution in [0, 0.1) is 35.2 Å². The zero-order valence-electron chi connectivity index (χ0n) is 19.9. The van der Waals surface area contributed by atoms with Gasteiger partial charge >= 0.3 is 5.97 Å². The van der Waals surface area contributed by atoms with Crippen LogP contribution >= 0.6 is 0 Å². The minimum atomic E-state index is -1.35. The van der Waals surface area contributed by atoms with E-state index in [1.165, 1.54) is 31.4 Å². The lowest BCUT2D eigenvalue weighted by molar-refractivity contribution is 0.0725. The third-order valence-electron chi connectivity index (χ3n) is 7.36. The molecule has 0 bridgehead atoms. The van der Waals surface area contributed by atoms with Crippen LogP contribution in [0.5, 0.6) is 11.5 Å². The van der Waals surface area contributed by atoms with Crippen LogP contribution in [0.25, 0.3) is 0 Å². The Morgan fingerprint density at radius 2 is 1.71 bits per heavy atom. The Hall–Kier alpha value is -3.02. The molecule has 2 aromatic rings. The third-order valence-corrected chi connectivity index (χ3v) is 7.36. The summed E-state index contributed by atoms with van der Waals surface area (Å²) in [7, 11) is 0. The minimum Gasteiger partial charge on any atom is -0.486 e. The minimum absolute atomic E-state index is 0.000235. The number of hydrogen-bond donors (Lipinski definition) is 0. The highest BCUT2D eigenvalue weighted by Gasteiger charge is 2.36. The molecular weight excluding hydrogens is 453 g/mol. The van der Waals surface area contributed by atoms with Crippen molar-refractivity contribution in [3.8, 4) is 11.5 Å². The van der Waals surface area contributed by atoms with Crippen molar-refractivity contribution in [3.05, 3.63) is 83.7 Å². The van der Waals surface area contributed by atoms with Crippen molar-refractivity contribution < 1.29 is 27.4 Å². The summed E-state index contributed by atoms with van der Waals surface area (Å²) >= 11 is 0. The molecule has 2 aliphatic carbocycles. The van der Waals surface area contributed by atoms with Gasteiger partial charge in [-0.2, -0.15) is 8.78 Å². The van der Waals surface area contributed by atoms with Crippen LogP contribution in [-0.2, 0) is 0 Å². The molecule has 0 saturated heterocycles. The maximum Gasteiger partial charge on any atom is 0.343 e. The normalized spacial score (nSPS) is 24.1. The second-order valence-corrected chi connectivity index (χ2v) is 9.54. The molecule has 0 radical (unpaired) electrons. The number of ether oxygens (including phenoxy) is 2. The summed E-state index contributed by atoms with van der Waals surface area (Å²) in [4.78, 5) is 12.5. The highest BCUT2D eigenvalue weighted by atomic mass is 19.2. The van der Waals surface area contributed by atoms with E-state index in [0.717, 1.165) is 37.5 Å². The Kier molecular flexibility index (Phi) is 7.99. The molecule has 4 rings (SSSR count). The van der Waals surface area contributed by atoms with Gasteiger partial charge in [0.2, 0.25) is 11.6 Å². The van der Waals surface area contributed by atoms with Gasteiger partial charge in [-0.1, -0.05) is 30.9 Å². The van der Waals surface area contributed by atoms with Gasteiger partial charge in [0.15, 0.2) is 11.5 Å². The van der Waals surface area contributed by atoms with Gasteiger partial charge in [0, 0.05) is 0 Å². The largest absolute Gasteiger partial charge is 0.486 e. The maximum atomic E-state index is 15.1. The zero-order valence-corrected chi connectivity index (χ0v) is 19.9. The molecule has 0 spiro atoms. The number of allylic oxidation sites excluding steroid dienone is 2. The van der Waals surface area contributed by atoms with Crippen LogP contribution < -0.4 is 9.47 Å². The molecule has 3 nitrogen and oxygen atoms in total. The second-order valence-electron chi connectivity index (χ2n) is 9.54. The number of rotatable bonds is 7. The summed E-state index contributed by atoms with van der Waals surface area (Å²) in [6, 6.07) is 6.51. The smallest absolute Gasteiger partial charge is 0.343 e. The molecule has 2 fully saturated rings. The van der Waals surface area contributed by atoms with Crippen molar-refractivity contribution in [2.45, 2.75) is 51.4 Å². The molecule has 2 aromatic carbocycles. The van der Waals surface area contributed by atoms with Gasteiger partial charge in [-0.05, 0) is 98.9 Å². The number of benzene rings is 2. The van der Waals surface area contributed by atoms with Gasteiger partial charge in [0.1, 0.15) is 12.4 Å². The quantitative estimate of drug-likeness (QED) is 0.229. The standard InChI is InChI=1S/C29H31F3O3/c1-3-5-18-6-7-20-16-21(9-8-19(20)15-18)23-11-10-22(17-24(23)30)29(33)35-26-13-12-25(34-14-4-2)27(31)28(26)32/h3-5,10-13,17-21H,2,6-9,14-16H2,1H3/b5-3+. The SMILES string of the molecule is C=CCOc1ccc(OC(=O)c2ccc(C3CCC4CC(/C=C/C)CCC4C3)c(F)c2)c(F)c1F. The Morgan fingerprint density at radius 1 is 1.00 bits per heavy atom. The molecule has 4 unspecified atom stereocenters. The molecule has 0 amide bonds. The van der Waals surface area contributed by atoms with Gasteiger partial charge in [-0.25, -0.2) is 9.18 Å². The van der Waals surface area contributed by atoms with Crippen molar-refractivity contribution in [1.29, 1.82) is 0 Å². The van der Waals surface area contributed by atoms with Crippen molar-refractivity contribution in [2.24, 2.45) is 17.8 Å². The van der Waals surface area contributed by atoms with E-state index in [1.54, 1.807) is 6.07 Å². The summed E-state index contributed by atoms with van der Waals surface area (Å²) in [6.45, 7) is 5.51. The Balaban J connectivity index is 1.42. The van der Waals surface area contributed by atoms with Crippen LogP contribution in [0.3, 0.4) is 0 Å². The summed E-state index contributed by atoms with van der Waals surface area (Å²) in [5, 5.41) is 0. The molecule has 0 heterocycles. The molecule has 35 heavy (non-hydrogen) atoms. The van der Waals surface area contributed by atoms with Gasteiger partial charge in [-0.3, -0.25) is 0 Å². The van der Waals surface area contributed by atoms with Crippen molar-refractivity contribution in [1.82, 2.24) is 0 Å². The van der Waals surface area contributed by atoms with Gasteiger partial charge in [0.05, 0.1) is 5.56 Å². The molecular formula is C29H31F3O3. The first kappa shape index (κ1) is 25.1. The molecule has 186 valence electrons. The van der Waals surface area contributed by atoms with E-state index in [0.29, 0.717) is 23.3 Å². The molecule has 0 N–H and O–H groups in total. The number of carbonyl (C=O) groups excluding carboxylic acids is 1. The van der Waals surface area contributed by atoms with E-state index in [1.807, 2.05) is 0 Å². The predicted molar refractivity (Wildman–Crippen MR) is 129 cm³/mol. The fourth-order valence-electron chi connectivity index (χ4n) is 5.65. The lowest BCUT2D eigenvalue weighted by Crippen LogP contribution is -2.30. The predicted octanol–water partition coefficient (Wildman–Crippen LogP) is 7.76. The summed E-state index contributed by atoms with van der Waals surface area (Å²) in [6.07, 6.45) is 12.4. The van der Waals surface area contributed by atoms with Crippen LogP contribution in [0.15, 0.2) is 55.1 Å². The molecule has 0 aromatic heterocycles. The van der Waals surface area contributed by atoms with Crippen molar-refractivity contribution >= 4 is 5.97 Å². The summed E-state index contributed by atoms with van der Waals surface area (Å²) in [5.74, 6) is -2.87. The average molecular weight is 485 g/mol. The molecule has 2 saturated carbocycles. The van der Waals surface area contributed by atoms with E-state index >= 15 is 4.39 Å². The van der Waals surface area contributed by atoms with Crippen LogP contribution in [0.2, 0.25) is 0 Å². The van der Waals surface area contributed by atoms with Gasteiger partial charge < -0.3 is 9.47 Å². The lowest BCUT2D eigenvalue weighted by atomic mass is 9.64. The van der Waals surface area contributed by atoms with Gasteiger partial charge in [0.25, 0.3) is 0 Å². The highest BCUT2D eigenvalue weighted by molar-refractivity contribution is 5.91. The van der Waals surface area contributed by atoms with E-state index in [-0.39, 0.29) is 23.8 Å². The lowest BCUT2D eigenvalue weighted by Gasteiger charge is -2.41.